The Morgan fingerprint density at radius 3 is 2.69 bits per heavy atom. The summed E-state index contributed by atoms with van der Waals surface area (Å²) in [5.74, 6) is -0.489. The SMILES string of the molecule is COC(=O)C(NC(=C1C(=O)Nc2ccccc21)c1ccc2c(c1)COC2)C1CCOCC1. The van der Waals surface area contributed by atoms with Gasteiger partial charge >= 0.3 is 5.97 Å². The zero-order valence-electron chi connectivity index (χ0n) is 18.0. The summed E-state index contributed by atoms with van der Waals surface area (Å²) in [4.78, 5) is 25.9. The fourth-order valence-electron chi connectivity index (χ4n) is 4.69. The number of carbonyl (C=O) groups excluding carboxylic acids is 2. The third-order valence-corrected chi connectivity index (χ3v) is 6.42. The number of ether oxygens (including phenoxy) is 3. The first-order valence-corrected chi connectivity index (χ1v) is 10.9. The fraction of sp³-hybridized carbons (Fsp3) is 0.360. The van der Waals surface area contributed by atoms with Crippen LogP contribution in [-0.2, 0) is 37.0 Å². The molecule has 0 aliphatic carbocycles. The number of amides is 1. The van der Waals surface area contributed by atoms with Gasteiger partial charge in [-0.3, -0.25) is 4.79 Å². The number of para-hydroxylation sites is 1. The van der Waals surface area contributed by atoms with Crippen LogP contribution in [0.4, 0.5) is 5.69 Å². The number of nitrogens with one attached hydrogen (secondary N) is 2. The number of carbonyl (C=O) groups is 2. The molecule has 1 atom stereocenters. The van der Waals surface area contributed by atoms with Crippen molar-refractivity contribution in [2.45, 2.75) is 32.1 Å². The number of esters is 1. The average molecular weight is 434 g/mol. The molecule has 1 saturated heterocycles. The van der Waals surface area contributed by atoms with Crippen molar-refractivity contribution < 1.29 is 23.8 Å². The van der Waals surface area contributed by atoms with Gasteiger partial charge in [-0.15, -0.1) is 0 Å². The molecule has 3 aliphatic rings. The van der Waals surface area contributed by atoms with Gasteiger partial charge in [-0.2, -0.15) is 0 Å². The van der Waals surface area contributed by atoms with E-state index in [0.717, 1.165) is 40.8 Å². The first kappa shape index (κ1) is 20.7. The highest BCUT2D eigenvalue weighted by Crippen LogP contribution is 2.37. The van der Waals surface area contributed by atoms with Crippen molar-refractivity contribution in [3.05, 3.63) is 64.7 Å². The second-order valence-electron chi connectivity index (χ2n) is 8.32. The van der Waals surface area contributed by atoms with Gasteiger partial charge in [0.2, 0.25) is 0 Å². The highest BCUT2D eigenvalue weighted by Gasteiger charge is 2.35. The summed E-state index contributed by atoms with van der Waals surface area (Å²) in [5, 5.41) is 6.39. The van der Waals surface area contributed by atoms with E-state index in [1.807, 2.05) is 42.5 Å². The van der Waals surface area contributed by atoms with Crippen LogP contribution < -0.4 is 10.6 Å². The molecule has 0 bridgehead atoms. The molecule has 0 aromatic heterocycles. The van der Waals surface area contributed by atoms with Crippen LogP contribution in [0.2, 0.25) is 0 Å². The quantitative estimate of drug-likeness (QED) is 0.556. The lowest BCUT2D eigenvalue weighted by Gasteiger charge is -2.31. The predicted molar refractivity (Wildman–Crippen MR) is 119 cm³/mol. The van der Waals surface area contributed by atoms with E-state index >= 15 is 0 Å². The van der Waals surface area contributed by atoms with Crippen molar-refractivity contribution in [1.29, 1.82) is 0 Å². The molecular weight excluding hydrogens is 408 g/mol. The number of benzene rings is 2. The van der Waals surface area contributed by atoms with Gasteiger partial charge in [0.05, 0.1) is 31.6 Å². The molecule has 32 heavy (non-hydrogen) atoms. The molecule has 3 heterocycles. The third kappa shape index (κ3) is 3.78. The zero-order chi connectivity index (χ0) is 22.1. The lowest BCUT2D eigenvalue weighted by atomic mass is 9.90. The molecule has 2 N–H and O–H groups in total. The van der Waals surface area contributed by atoms with Crippen LogP contribution in [-0.4, -0.2) is 38.2 Å². The lowest BCUT2D eigenvalue weighted by Crippen LogP contribution is -2.45. The van der Waals surface area contributed by atoms with Crippen molar-refractivity contribution in [1.82, 2.24) is 5.32 Å². The van der Waals surface area contributed by atoms with Crippen molar-refractivity contribution >= 4 is 28.8 Å². The van der Waals surface area contributed by atoms with Gasteiger partial charge in [-0.1, -0.05) is 30.3 Å². The minimum Gasteiger partial charge on any atom is -0.467 e. The van der Waals surface area contributed by atoms with Crippen molar-refractivity contribution in [2.24, 2.45) is 5.92 Å². The number of hydrogen-bond acceptors (Lipinski definition) is 6. The molecule has 1 amide bonds. The summed E-state index contributed by atoms with van der Waals surface area (Å²) < 4.78 is 16.2. The maximum absolute atomic E-state index is 13.1. The zero-order valence-corrected chi connectivity index (χ0v) is 18.0. The van der Waals surface area contributed by atoms with E-state index in [4.69, 9.17) is 14.2 Å². The summed E-state index contributed by atoms with van der Waals surface area (Å²) >= 11 is 0. The molecule has 1 unspecified atom stereocenters. The topological polar surface area (TPSA) is 85.9 Å². The average Bonchev–Trinajstić information content (AvgIpc) is 3.43. The fourth-order valence-corrected chi connectivity index (χ4v) is 4.69. The van der Waals surface area contributed by atoms with Gasteiger partial charge in [0.25, 0.3) is 5.91 Å². The molecule has 1 fully saturated rings. The lowest BCUT2D eigenvalue weighted by molar-refractivity contribution is -0.145. The highest BCUT2D eigenvalue weighted by atomic mass is 16.5. The van der Waals surface area contributed by atoms with Gasteiger partial charge in [-0.25, -0.2) is 4.79 Å². The first-order valence-electron chi connectivity index (χ1n) is 10.9. The minimum absolute atomic E-state index is 0.0456. The van der Waals surface area contributed by atoms with E-state index in [2.05, 4.69) is 10.6 Å². The first-order chi connectivity index (χ1) is 15.7. The van der Waals surface area contributed by atoms with E-state index in [0.29, 0.717) is 37.7 Å². The number of fused-ring (bicyclic) bond motifs is 2. The van der Waals surface area contributed by atoms with Crippen molar-refractivity contribution in [3.8, 4) is 0 Å². The minimum atomic E-state index is -0.587. The predicted octanol–water partition coefficient (Wildman–Crippen LogP) is 3.10. The van der Waals surface area contributed by atoms with Gasteiger partial charge in [0, 0.05) is 24.5 Å². The van der Waals surface area contributed by atoms with Crippen LogP contribution in [0.15, 0.2) is 42.5 Å². The molecule has 3 aliphatic heterocycles. The Balaban J connectivity index is 1.63. The Hall–Kier alpha value is -3.16. The van der Waals surface area contributed by atoms with E-state index in [1.165, 1.54) is 7.11 Å². The normalized spacial score (nSPS) is 20.2. The second-order valence-corrected chi connectivity index (χ2v) is 8.32. The number of hydrogen-bond donors (Lipinski definition) is 2. The summed E-state index contributed by atoms with van der Waals surface area (Å²) in [5.41, 5.74) is 5.81. The molecule has 0 saturated carbocycles. The van der Waals surface area contributed by atoms with Crippen molar-refractivity contribution in [2.75, 3.05) is 25.6 Å². The highest BCUT2D eigenvalue weighted by molar-refractivity contribution is 6.36. The molecule has 7 nitrogen and oxygen atoms in total. The van der Waals surface area contributed by atoms with Crippen LogP contribution in [0.5, 0.6) is 0 Å². The van der Waals surface area contributed by atoms with Crippen LogP contribution in [0.1, 0.15) is 35.1 Å². The maximum atomic E-state index is 13.1. The molecule has 2 aromatic rings. The smallest absolute Gasteiger partial charge is 0.328 e. The van der Waals surface area contributed by atoms with Crippen LogP contribution >= 0.6 is 0 Å². The van der Waals surface area contributed by atoms with Gasteiger partial charge in [0.1, 0.15) is 6.04 Å². The Labute approximate surface area is 186 Å². The maximum Gasteiger partial charge on any atom is 0.328 e. The monoisotopic (exact) mass is 434 g/mol. The number of anilines is 1. The van der Waals surface area contributed by atoms with E-state index in [-0.39, 0.29) is 17.8 Å². The Bertz CT molecular complexity index is 1090. The number of methoxy groups -OCH3 is 1. The van der Waals surface area contributed by atoms with Crippen LogP contribution in [0.3, 0.4) is 0 Å². The molecule has 5 rings (SSSR count). The Morgan fingerprint density at radius 1 is 1.09 bits per heavy atom. The van der Waals surface area contributed by atoms with Crippen LogP contribution in [0.25, 0.3) is 11.3 Å². The second kappa shape index (κ2) is 8.76. The van der Waals surface area contributed by atoms with Crippen LogP contribution in [0, 0.1) is 5.92 Å². The molecule has 166 valence electrons. The van der Waals surface area contributed by atoms with E-state index in [1.54, 1.807) is 0 Å². The summed E-state index contributed by atoms with van der Waals surface area (Å²) in [7, 11) is 1.40. The molecule has 0 spiro atoms. The van der Waals surface area contributed by atoms with Crippen molar-refractivity contribution in [3.63, 3.8) is 0 Å². The number of rotatable bonds is 5. The van der Waals surface area contributed by atoms with E-state index < -0.39 is 6.04 Å². The Kier molecular flexibility index (Phi) is 5.68. The van der Waals surface area contributed by atoms with E-state index in [9.17, 15) is 9.59 Å². The standard InChI is InChI=1S/C25H26N2O5/c1-30-25(29)23(15-8-10-31-11-9-15)27-22(16-6-7-17-13-32-14-18(17)12-16)21-19-4-2-3-5-20(19)26-24(21)28/h2-7,12,15,23,27H,8-11,13-14H2,1H3,(H,26,28). The Morgan fingerprint density at radius 2 is 1.88 bits per heavy atom. The summed E-state index contributed by atoms with van der Waals surface area (Å²) in [6.45, 7) is 2.33. The van der Waals surface area contributed by atoms with Gasteiger partial charge in [0.15, 0.2) is 0 Å². The molecule has 7 heteroatoms. The molecule has 0 radical (unpaired) electrons. The van der Waals surface area contributed by atoms with Gasteiger partial charge < -0.3 is 24.8 Å². The summed E-state index contributed by atoms with van der Waals surface area (Å²) in [6, 6.07) is 13.1. The summed E-state index contributed by atoms with van der Waals surface area (Å²) in [6.07, 6.45) is 1.49. The molecular formula is C25H26N2O5. The molecule has 2 aromatic carbocycles. The third-order valence-electron chi connectivity index (χ3n) is 6.42. The largest absolute Gasteiger partial charge is 0.467 e. The van der Waals surface area contributed by atoms with Gasteiger partial charge in [-0.05, 0) is 47.6 Å².